The summed E-state index contributed by atoms with van der Waals surface area (Å²) in [5.74, 6) is -1.17. The van der Waals surface area contributed by atoms with E-state index in [1.807, 2.05) is 30.3 Å². The maximum Gasteiger partial charge on any atom is 0.287 e. The number of carbonyl (C=O) groups is 2. The van der Waals surface area contributed by atoms with Gasteiger partial charge in [0.1, 0.15) is 5.69 Å². The Kier molecular flexibility index (Phi) is 6.82. The predicted molar refractivity (Wildman–Crippen MR) is 120 cm³/mol. The first-order valence-corrected chi connectivity index (χ1v) is 11.8. The fraction of sp³-hybridized carbons (Fsp3) is 0.227. The average molecular weight is 470 g/mol. The van der Waals surface area contributed by atoms with Gasteiger partial charge in [0.15, 0.2) is 0 Å². The summed E-state index contributed by atoms with van der Waals surface area (Å²) in [6.07, 6.45) is 1.62. The maximum absolute atomic E-state index is 12.4. The molecule has 0 saturated carbocycles. The molecule has 1 saturated heterocycles. The van der Waals surface area contributed by atoms with Gasteiger partial charge in [-0.05, 0) is 43.2 Å². The van der Waals surface area contributed by atoms with Crippen molar-refractivity contribution in [1.82, 2.24) is 25.8 Å². The topological polar surface area (TPSA) is 142 Å². The molecule has 1 aliphatic rings. The average Bonchev–Trinajstić information content (AvgIpc) is 3.54. The number of aromatic amines is 1. The minimum atomic E-state index is -3.72. The van der Waals surface area contributed by atoms with Crippen LogP contribution in [0.1, 0.15) is 33.7 Å². The molecule has 11 heteroatoms. The van der Waals surface area contributed by atoms with Crippen molar-refractivity contribution in [2.45, 2.75) is 23.8 Å². The molecule has 4 N–H and O–H groups in total. The van der Waals surface area contributed by atoms with Gasteiger partial charge >= 0.3 is 0 Å². The molecule has 1 fully saturated rings. The van der Waals surface area contributed by atoms with E-state index in [1.165, 1.54) is 24.3 Å². The molecule has 2 aromatic carbocycles. The van der Waals surface area contributed by atoms with Crippen LogP contribution in [0.2, 0.25) is 0 Å². The number of benzene rings is 2. The molecule has 10 nitrogen and oxygen atoms in total. The molecular weight excluding hydrogens is 446 g/mol. The molecule has 1 unspecified atom stereocenters. The molecule has 1 aromatic heterocycles. The minimum absolute atomic E-state index is 0.0342. The molecule has 1 atom stereocenters. The molecule has 2 heterocycles. The Labute approximate surface area is 190 Å². The number of H-pyrrole nitrogens is 1. The number of ether oxygens (including phenoxy) is 1. The molecule has 172 valence electrons. The second kappa shape index (κ2) is 9.94. The second-order valence-corrected chi connectivity index (χ2v) is 9.22. The van der Waals surface area contributed by atoms with Crippen LogP contribution in [0, 0.1) is 0 Å². The van der Waals surface area contributed by atoms with E-state index in [0.717, 1.165) is 18.4 Å². The molecule has 0 radical (unpaired) electrons. The van der Waals surface area contributed by atoms with Crippen LogP contribution in [-0.2, 0) is 14.8 Å². The zero-order valence-corrected chi connectivity index (χ0v) is 18.4. The summed E-state index contributed by atoms with van der Waals surface area (Å²) in [4.78, 5) is 24.7. The minimum Gasteiger partial charge on any atom is -0.377 e. The fourth-order valence-corrected chi connectivity index (χ4v) is 4.39. The lowest BCUT2D eigenvalue weighted by molar-refractivity contribution is 0.0844. The van der Waals surface area contributed by atoms with Crippen LogP contribution >= 0.6 is 0 Å². The predicted octanol–water partition coefficient (Wildman–Crippen LogP) is 1.61. The lowest BCUT2D eigenvalue weighted by Crippen LogP contribution is -2.41. The number of rotatable bonds is 7. The second-order valence-electron chi connectivity index (χ2n) is 7.45. The third-order valence-corrected chi connectivity index (χ3v) is 6.57. The van der Waals surface area contributed by atoms with E-state index in [2.05, 4.69) is 25.8 Å². The van der Waals surface area contributed by atoms with Crippen molar-refractivity contribution in [3.8, 4) is 11.3 Å². The van der Waals surface area contributed by atoms with Crippen molar-refractivity contribution in [2.75, 3.05) is 13.2 Å². The van der Waals surface area contributed by atoms with E-state index in [4.69, 9.17) is 4.74 Å². The van der Waals surface area contributed by atoms with Gasteiger partial charge in [0, 0.05) is 24.3 Å². The molecule has 0 spiro atoms. The summed E-state index contributed by atoms with van der Waals surface area (Å²) in [6.45, 7) is 0.845. The van der Waals surface area contributed by atoms with E-state index in [9.17, 15) is 18.0 Å². The fourth-order valence-electron chi connectivity index (χ4n) is 3.32. The number of sulfonamides is 1. The van der Waals surface area contributed by atoms with Crippen LogP contribution in [0.25, 0.3) is 11.3 Å². The van der Waals surface area contributed by atoms with Gasteiger partial charge in [-0.25, -0.2) is 13.1 Å². The summed E-state index contributed by atoms with van der Waals surface area (Å²) < 4.78 is 32.8. The summed E-state index contributed by atoms with van der Waals surface area (Å²) >= 11 is 0. The van der Waals surface area contributed by atoms with Gasteiger partial charge in [-0.1, -0.05) is 30.3 Å². The van der Waals surface area contributed by atoms with Crippen molar-refractivity contribution in [1.29, 1.82) is 0 Å². The number of hydrazine groups is 1. The molecule has 0 aliphatic carbocycles. The Morgan fingerprint density at radius 3 is 2.45 bits per heavy atom. The first-order valence-electron chi connectivity index (χ1n) is 10.4. The molecular formula is C22H23N5O5S. The smallest absolute Gasteiger partial charge is 0.287 e. The largest absolute Gasteiger partial charge is 0.377 e. The Morgan fingerprint density at radius 1 is 1.03 bits per heavy atom. The highest BCUT2D eigenvalue weighted by Crippen LogP contribution is 2.17. The zero-order chi connectivity index (χ0) is 23.3. The van der Waals surface area contributed by atoms with E-state index in [1.54, 1.807) is 6.07 Å². The van der Waals surface area contributed by atoms with Crippen molar-refractivity contribution in [2.24, 2.45) is 0 Å². The van der Waals surface area contributed by atoms with Crippen LogP contribution in [0.3, 0.4) is 0 Å². The van der Waals surface area contributed by atoms with Crippen LogP contribution in [0.4, 0.5) is 0 Å². The van der Waals surface area contributed by atoms with Gasteiger partial charge in [-0.2, -0.15) is 5.10 Å². The molecule has 1 aliphatic heterocycles. The van der Waals surface area contributed by atoms with Crippen LogP contribution < -0.4 is 15.6 Å². The summed E-state index contributed by atoms with van der Waals surface area (Å²) in [5, 5.41) is 6.72. The lowest BCUT2D eigenvalue weighted by atomic mass is 10.1. The summed E-state index contributed by atoms with van der Waals surface area (Å²) in [7, 11) is -3.72. The maximum atomic E-state index is 12.4. The van der Waals surface area contributed by atoms with Gasteiger partial charge in [0.05, 0.1) is 16.7 Å². The molecule has 4 rings (SSSR count). The van der Waals surface area contributed by atoms with Crippen molar-refractivity contribution < 1.29 is 22.7 Å². The third-order valence-electron chi connectivity index (χ3n) is 5.13. The quantitative estimate of drug-likeness (QED) is 0.387. The summed E-state index contributed by atoms with van der Waals surface area (Å²) in [5.41, 5.74) is 6.40. The highest BCUT2D eigenvalue weighted by atomic mass is 32.2. The Hall–Kier alpha value is -3.54. The monoisotopic (exact) mass is 469 g/mol. The Balaban J connectivity index is 1.31. The van der Waals surface area contributed by atoms with Crippen LogP contribution in [0.15, 0.2) is 65.6 Å². The van der Waals surface area contributed by atoms with Crippen molar-refractivity contribution in [3.63, 3.8) is 0 Å². The van der Waals surface area contributed by atoms with Crippen molar-refractivity contribution >= 4 is 21.8 Å². The standard InChI is InChI=1S/C22H23N5O5S/c28-21(26-27-22(29)20-13-19(24-25-20)15-5-2-1-3-6-15)16-8-10-18(11-9-16)33(30,31)23-14-17-7-4-12-32-17/h1-3,5-6,8-11,13,17,23H,4,7,12,14H2,(H,24,25)(H,26,28)(H,27,29). The zero-order valence-electron chi connectivity index (χ0n) is 17.6. The number of aromatic nitrogens is 2. The van der Waals surface area contributed by atoms with Crippen molar-refractivity contribution in [3.05, 3.63) is 71.9 Å². The highest BCUT2D eigenvalue weighted by Gasteiger charge is 2.20. The lowest BCUT2D eigenvalue weighted by Gasteiger charge is -2.12. The normalized spacial score (nSPS) is 15.8. The SMILES string of the molecule is O=C(NNC(=O)c1cc(-c2ccccc2)n[nH]1)c1ccc(S(=O)(=O)NCC2CCCO2)cc1. The van der Waals surface area contributed by atoms with E-state index in [-0.39, 0.29) is 28.8 Å². The van der Waals surface area contributed by atoms with Crippen LogP contribution in [-0.4, -0.2) is 49.7 Å². The van der Waals surface area contributed by atoms with E-state index < -0.39 is 21.8 Å². The molecule has 0 bridgehead atoms. The van der Waals surface area contributed by atoms with Gasteiger partial charge in [-0.3, -0.25) is 25.5 Å². The molecule has 3 aromatic rings. The highest BCUT2D eigenvalue weighted by molar-refractivity contribution is 7.89. The Morgan fingerprint density at radius 2 is 1.76 bits per heavy atom. The van der Waals surface area contributed by atoms with Gasteiger partial charge in [0.25, 0.3) is 11.8 Å². The number of hydrogen-bond donors (Lipinski definition) is 4. The Bertz CT molecular complexity index is 1220. The van der Waals surface area contributed by atoms with E-state index in [0.29, 0.717) is 12.3 Å². The first-order chi connectivity index (χ1) is 15.9. The van der Waals surface area contributed by atoms with Gasteiger partial charge in [-0.15, -0.1) is 0 Å². The van der Waals surface area contributed by atoms with Gasteiger partial charge in [0.2, 0.25) is 10.0 Å². The summed E-state index contributed by atoms with van der Waals surface area (Å²) in [6, 6.07) is 16.3. The van der Waals surface area contributed by atoms with Gasteiger partial charge < -0.3 is 4.74 Å². The van der Waals surface area contributed by atoms with Crippen LogP contribution in [0.5, 0.6) is 0 Å². The number of nitrogens with one attached hydrogen (secondary N) is 4. The number of hydrogen-bond acceptors (Lipinski definition) is 6. The number of carbonyl (C=O) groups excluding carboxylic acids is 2. The number of nitrogens with zero attached hydrogens (tertiary/aromatic N) is 1. The molecule has 2 amide bonds. The van der Waals surface area contributed by atoms with E-state index >= 15 is 0 Å². The first kappa shape index (κ1) is 22.6. The number of amides is 2. The third kappa shape index (κ3) is 5.64. The molecule has 33 heavy (non-hydrogen) atoms.